The largest absolute Gasteiger partial charge is 0.389 e. The molecule has 0 spiro atoms. The van der Waals surface area contributed by atoms with Gasteiger partial charge in [0.25, 0.3) is 10.0 Å². The van der Waals surface area contributed by atoms with Gasteiger partial charge in [-0.1, -0.05) is 34.1 Å². The number of Topliss-reactive ketones (excluding diaryl/α,β-unsaturated/α-hetero) is 1. The van der Waals surface area contributed by atoms with E-state index in [1.54, 1.807) is 36.4 Å². The van der Waals surface area contributed by atoms with Gasteiger partial charge < -0.3 is 0 Å². The summed E-state index contributed by atoms with van der Waals surface area (Å²) in [6, 6.07) is 13.0. The van der Waals surface area contributed by atoms with Crippen molar-refractivity contribution in [1.82, 2.24) is 0 Å². The number of ketones is 1. The first-order valence-electron chi connectivity index (χ1n) is 9.38. The molecule has 0 aliphatic heterocycles. The number of nitrogens with zero attached hydrogens (tertiary/aromatic N) is 1. The van der Waals surface area contributed by atoms with Gasteiger partial charge in [0.2, 0.25) is 0 Å². The molecule has 166 valence electrons. The molecule has 1 aromatic heterocycles. The van der Waals surface area contributed by atoms with E-state index in [4.69, 9.17) is 0 Å². The summed E-state index contributed by atoms with van der Waals surface area (Å²) in [5.74, 6) is -0.307. The second-order valence-corrected chi connectivity index (χ2v) is 10.7. The number of rotatable bonds is 8. The zero-order valence-corrected chi connectivity index (χ0v) is 19.7. The Labute approximate surface area is 190 Å². The SMILES string of the molecule is CC(=O)c1c(N(CCCCC(F)(F)F)S(=O)(=O)c2ccc(Br)cc2)sc2ccccc12. The minimum atomic E-state index is -4.31. The van der Waals surface area contributed by atoms with Crippen molar-refractivity contribution in [3.05, 3.63) is 58.6 Å². The van der Waals surface area contributed by atoms with E-state index in [0.717, 1.165) is 20.3 Å². The lowest BCUT2D eigenvalue weighted by Crippen LogP contribution is -2.32. The monoisotopic (exact) mass is 533 g/mol. The lowest BCUT2D eigenvalue weighted by Gasteiger charge is -2.24. The van der Waals surface area contributed by atoms with Crippen LogP contribution < -0.4 is 4.31 Å². The Morgan fingerprint density at radius 3 is 2.32 bits per heavy atom. The molecule has 3 aromatic rings. The van der Waals surface area contributed by atoms with Crippen molar-refractivity contribution in [3.8, 4) is 0 Å². The van der Waals surface area contributed by atoms with Gasteiger partial charge in [-0.15, -0.1) is 11.3 Å². The summed E-state index contributed by atoms with van der Waals surface area (Å²) in [6.07, 6.45) is -5.51. The number of carbonyl (C=O) groups is 1. The average molecular weight is 534 g/mol. The van der Waals surface area contributed by atoms with Crippen LogP contribution in [0.5, 0.6) is 0 Å². The first-order chi connectivity index (χ1) is 14.5. The molecule has 0 saturated carbocycles. The minimum Gasteiger partial charge on any atom is -0.294 e. The van der Waals surface area contributed by atoms with Crippen LogP contribution >= 0.6 is 27.3 Å². The molecule has 0 saturated heterocycles. The highest BCUT2D eigenvalue weighted by molar-refractivity contribution is 9.10. The zero-order chi connectivity index (χ0) is 22.8. The quantitative estimate of drug-likeness (QED) is 0.236. The number of anilines is 1. The predicted molar refractivity (Wildman–Crippen MR) is 120 cm³/mol. The Morgan fingerprint density at radius 2 is 1.71 bits per heavy atom. The van der Waals surface area contributed by atoms with Crippen molar-refractivity contribution < 1.29 is 26.4 Å². The fraction of sp³-hybridized carbons (Fsp3) is 0.286. The third-order valence-corrected chi connectivity index (χ3v) is 8.28. The number of fused-ring (bicyclic) bond motifs is 1. The molecule has 4 nitrogen and oxygen atoms in total. The summed E-state index contributed by atoms with van der Waals surface area (Å²) < 4.78 is 67.1. The summed E-state index contributed by atoms with van der Waals surface area (Å²) in [5, 5.41) is 0.852. The Bertz CT molecular complexity index is 1190. The minimum absolute atomic E-state index is 0.000851. The number of hydrogen-bond donors (Lipinski definition) is 0. The van der Waals surface area contributed by atoms with Crippen molar-refractivity contribution in [2.75, 3.05) is 10.8 Å². The van der Waals surface area contributed by atoms with Crippen LogP contribution in [0.25, 0.3) is 10.1 Å². The van der Waals surface area contributed by atoms with E-state index < -0.39 is 22.6 Å². The molecular formula is C21H19BrF3NO3S2. The van der Waals surface area contributed by atoms with Gasteiger partial charge in [0.05, 0.1) is 10.5 Å². The third kappa shape index (κ3) is 5.48. The van der Waals surface area contributed by atoms with Crippen LogP contribution in [0.3, 0.4) is 0 Å². The van der Waals surface area contributed by atoms with E-state index in [1.807, 2.05) is 0 Å². The number of thiophene rings is 1. The molecule has 0 fully saturated rings. The highest BCUT2D eigenvalue weighted by atomic mass is 79.9. The van der Waals surface area contributed by atoms with Gasteiger partial charge in [-0.2, -0.15) is 13.2 Å². The molecule has 10 heteroatoms. The highest BCUT2D eigenvalue weighted by Gasteiger charge is 2.31. The molecule has 1 heterocycles. The fourth-order valence-electron chi connectivity index (χ4n) is 3.19. The molecule has 0 amide bonds. The average Bonchev–Trinajstić information content (AvgIpc) is 3.06. The molecule has 0 aliphatic rings. The van der Waals surface area contributed by atoms with Crippen LogP contribution in [0.15, 0.2) is 57.9 Å². The second kappa shape index (κ2) is 9.30. The van der Waals surface area contributed by atoms with Gasteiger partial charge in [-0.05, 0) is 50.1 Å². The smallest absolute Gasteiger partial charge is 0.294 e. The Kier molecular flexibility index (Phi) is 7.12. The maximum absolute atomic E-state index is 13.5. The van der Waals surface area contributed by atoms with Crippen molar-refractivity contribution in [1.29, 1.82) is 0 Å². The molecule has 3 rings (SSSR count). The highest BCUT2D eigenvalue weighted by Crippen LogP contribution is 2.41. The van der Waals surface area contributed by atoms with Crippen LogP contribution in [0.4, 0.5) is 18.2 Å². The fourth-order valence-corrected chi connectivity index (χ4v) is 6.46. The van der Waals surface area contributed by atoms with E-state index in [1.165, 1.54) is 19.1 Å². The molecule has 0 bridgehead atoms. The maximum atomic E-state index is 13.5. The van der Waals surface area contributed by atoms with E-state index in [-0.39, 0.29) is 40.6 Å². The van der Waals surface area contributed by atoms with Gasteiger partial charge in [0.15, 0.2) is 5.78 Å². The van der Waals surface area contributed by atoms with Gasteiger partial charge in [-0.25, -0.2) is 8.42 Å². The second-order valence-electron chi connectivity index (χ2n) is 6.94. The summed E-state index contributed by atoms with van der Waals surface area (Å²) in [7, 11) is -4.10. The number of hydrogen-bond acceptors (Lipinski definition) is 4. The number of carbonyl (C=O) groups excluding carboxylic acids is 1. The van der Waals surface area contributed by atoms with Gasteiger partial charge in [0, 0.05) is 27.5 Å². The van der Waals surface area contributed by atoms with Crippen LogP contribution in [0.1, 0.15) is 36.5 Å². The van der Waals surface area contributed by atoms with E-state index >= 15 is 0 Å². The number of halogens is 4. The summed E-state index contributed by atoms with van der Waals surface area (Å²) in [6.45, 7) is 1.19. The third-order valence-electron chi connectivity index (χ3n) is 4.63. The standard InChI is InChI=1S/C21H19BrF3NO3S2/c1-14(27)19-17-6-2-3-7-18(17)30-20(19)26(13-5-4-12-21(23,24)25)31(28,29)16-10-8-15(22)9-11-16/h2-3,6-11H,4-5,12-13H2,1H3. The Balaban J connectivity index is 2.08. The van der Waals surface area contributed by atoms with Crippen LogP contribution in [0.2, 0.25) is 0 Å². The van der Waals surface area contributed by atoms with Crippen LogP contribution in [-0.2, 0) is 10.0 Å². The molecule has 31 heavy (non-hydrogen) atoms. The molecular weight excluding hydrogens is 515 g/mol. The predicted octanol–water partition coefficient (Wildman–Crippen LogP) is 6.79. The van der Waals surface area contributed by atoms with E-state index in [0.29, 0.717) is 9.86 Å². The molecule has 0 radical (unpaired) electrons. The number of alkyl halides is 3. The lowest BCUT2D eigenvalue weighted by molar-refractivity contribution is -0.135. The van der Waals surface area contributed by atoms with Gasteiger partial charge in [-0.3, -0.25) is 9.10 Å². The number of unbranched alkanes of at least 4 members (excludes halogenated alkanes) is 1. The van der Waals surface area contributed by atoms with Gasteiger partial charge in [0.1, 0.15) is 5.00 Å². The van der Waals surface area contributed by atoms with Crippen molar-refractivity contribution >= 4 is 58.2 Å². The van der Waals surface area contributed by atoms with Gasteiger partial charge >= 0.3 is 6.18 Å². The molecule has 0 unspecified atom stereocenters. The van der Waals surface area contributed by atoms with Crippen molar-refractivity contribution in [3.63, 3.8) is 0 Å². The molecule has 0 atom stereocenters. The number of benzene rings is 2. The van der Waals surface area contributed by atoms with Crippen LogP contribution in [-0.4, -0.2) is 26.9 Å². The summed E-state index contributed by atoms with van der Waals surface area (Å²) in [5.41, 5.74) is 0.261. The Morgan fingerprint density at radius 1 is 1.06 bits per heavy atom. The van der Waals surface area contributed by atoms with Crippen molar-refractivity contribution in [2.24, 2.45) is 0 Å². The summed E-state index contributed by atoms with van der Waals surface area (Å²) in [4.78, 5) is 12.4. The van der Waals surface area contributed by atoms with E-state index in [9.17, 15) is 26.4 Å². The van der Waals surface area contributed by atoms with Crippen LogP contribution in [0, 0.1) is 0 Å². The summed E-state index contributed by atoms with van der Waals surface area (Å²) >= 11 is 4.40. The molecule has 0 aliphatic carbocycles. The maximum Gasteiger partial charge on any atom is 0.389 e. The topological polar surface area (TPSA) is 54.5 Å². The zero-order valence-electron chi connectivity index (χ0n) is 16.4. The molecule has 0 N–H and O–H groups in total. The van der Waals surface area contributed by atoms with Crippen molar-refractivity contribution in [2.45, 2.75) is 37.3 Å². The first kappa shape index (κ1) is 23.7. The van der Waals surface area contributed by atoms with E-state index in [2.05, 4.69) is 15.9 Å². The number of sulfonamides is 1. The molecule has 2 aromatic carbocycles. The Hall–Kier alpha value is -1.91. The normalized spacial score (nSPS) is 12.3. The first-order valence-corrected chi connectivity index (χ1v) is 12.4. The lowest BCUT2D eigenvalue weighted by atomic mass is 10.1.